The van der Waals surface area contributed by atoms with E-state index < -0.39 is 0 Å². The van der Waals surface area contributed by atoms with Crippen molar-refractivity contribution in [2.45, 2.75) is 31.8 Å². The molecule has 4 nitrogen and oxygen atoms in total. The quantitative estimate of drug-likeness (QED) is 0.881. The van der Waals surface area contributed by atoms with Gasteiger partial charge in [0.15, 0.2) is 0 Å². The molecule has 0 bridgehead atoms. The summed E-state index contributed by atoms with van der Waals surface area (Å²) in [4.78, 5) is 14.3. The molecule has 0 radical (unpaired) electrons. The van der Waals surface area contributed by atoms with E-state index in [1.165, 1.54) is 11.3 Å². The molecule has 108 valence electrons. The van der Waals surface area contributed by atoms with Crippen molar-refractivity contribution in [1.29, 1.82) is 0 Å². The van der Waals surface area contributed by atoms with Crippen LogP contribution in [0.25, 0.3) is 0 Å². The second-order valence-corrected chi connectivity index (χ2v) is 5.82. The van der Waals surface area contributed by atoms with Crippen LogP contribution in [-0.2, 0) is 4.79 Å². The number of benzene rings is 1. The third-order valence-corrected chi connectivity index (χ3v) is 4.75. The van der Waals surface area contributed by atoms with Gasteiger partial charge in [0.05, 0.1) is 12.0 Å². The maximum Gasteiger partial charge on any atom is 0.225 e. The predicted octanol–water partition coefficient (Wildman–Crippen LogP) is 1.68. The SMILES string of the molecule is CNC(C)c1ccccc1N1CCCC2C(=O)NCC21. The van der Waals surface area contributed by atoms with E-state index in [1.54, 1.807) is 0 Å². The molecule has 2 fully saturated rings. The van der Waals surface area contributed by atoms with E-state index in [1.807, 2.05) is 7.05 Å². The van der Waals surface area contributed by atoms with Crippen molar-refractivity contribution in [2.75, 3.05) is 25.0 Å². The molecule has 4 heteroatoms. The van der Waals surface area contributed by atoms with E-state index in [4.69, 9.17) is 0 Å². The van der Waals surface area contributed by atoms with E-state index in [2.05, 4.69) is 46.7 Å². The number of amides is 1. The molecule has 0 spiro atoms. The number of piperidine rings is 1. The standard InChI is InChI=1S/C16H23N3O/c1-11(17-2)12-6-3-4-8-14(12)19-9-5-7-13-15(19)10-18-16(13)20/h3-4,6,8,11,13,15,17H,5,7,9-10H2,1-2H3,(H,18,20). The van der Waals surface area contributed by atoms with Gasteiger partial charge in [-0.15, -0.1) is 0 Å². The van der Waals surface area contributed by atoms with Crippen LogP contribution in [0.15, 0.2) is 24.3 Å². The number of para-hydroxylation sites is 1. The summed E-state index contributed by atoms with van der Waals surface area (Å²) in [6, 6.07) is 9.19. The van der Waals surface area contributed by atoms with E-state index >= 15 is 0 Å². The maximum atomic E-state index is 11.9. The van der Waals surface area contributed by atoms with Crippen LogP contribution in [0.1, 0.15) is 31.4 Å². The van der Waals surface area contributed by atoms with Crippen LogP contribution in [-0.4, -0.2) is 32.1 Å². The summed E-state index contributed by atoms with van der Waals surface area (Å²) >= 11 is 0. The number of fused-ring (bicyclic) bond motifs is 1. The van der Waals surface area contributed by atoms with Crippen molar-refractivity contribution in [2.24, 2.45) is 5.92 Å². The highest BCUT2D eigenvalue weighted by molar-refractivity contribution is 5.83. The van der Waals surface area contributed by atoms with Crippen LogP contribution in [0.4, 0.5) is 5.69 Å². The highest BCUT2D eigenvalue weighted by Crippen LogP contribution is 2.35. The second-order valence-electron chi connectivity index (χ2n) is 5.82. The average molecular weight is 273 g/mol. The Labute approximate surface area is 120 Å². The van der Waals surface area contributed by atoms with Crippen molar-refractivity contribution < 1.29 is 4.79 Å². The van der Waals surface area contributed by atoms with Crippen molar-refractivity contribution >= 4 is 11.6 Å². The molecule has 2 saturated heterocycles. The van der Waals surface area contributed by atoms with Gasteiger partial charge in [0.1, 0.15) is 0 Å². The van der Waals surface area contributed by atoms with Crippen LogP contribution in [0.2, 0.25) is 0 Å². The smallest absolute Gasteiger partial charge is 0.225 e. The predicted molar refractivity (Wildman–Crippen MR) is 80.8 cm³/mol. The van der Waals surface area contributed by atoms with E-state index in [0.29, 0.717) is 12.1 Å². The number of hydrogen-bond donors (Lipinski definition) is 2. The van der Waals surface area contributed by atoms with Crippen LogP contribution in [0, 0.1) is 5.92 Å². The molecular weight excluding hydrogens is 250 g/mol. The number of carbonyl (C=O) groups excluding carboxylic acids is 1. The molecule has 0 saturated carbocycles. The molecule has 2 aliphatic heterocycles. The van der Waals surface area contributed by atoms with E-state index in [0.717, 1.165) is 25.9 Å². The lowest BCUT2D eigenvalue weighted by Gasteiger charge is -2.39. The summed E-state index contributed by atoms with van der Waals surface area (Å²) < 4.78 is 0. The molecule has 1 amide bonds. The van der Waals surface area contributed by atoms with Crippen LogP contribution < -0.4 is 15.5 Å². The molecule has 2 N–H and O–H groups in total. The molecule has 0 aliphatic carbocycles. The van der Waals surface area contributed by atoms with Gasteiger partial charge in [0, 0.05) is 24.8 Å². The number of nitrogens with zero attached hydrogens (tertiary/aromatic N) is 1. The first-order valence-electron chi connectivity index (χ1n) is 7.53. The number of hydrogen-bond acceptors (Lipinski definition) is 3. The van der Waals surface area contributed by atoms with Crippen LogP contribution in [0.3, 0.4) is 0 Å². The molecule has 3 unspecified atom stereocenters. The minimum absolute atomic E-state index is 0.168. The Hall–Kier alpha value is -1.55. The minimum Gasteiger partial charge on any atom is -0.366 e. The number of anilines is 1. The lowest BCUT2D eigenvalue weighted by Crippen LogP contribution is -2.46. The van der Waals surface area contributed by atoms with Gasteiger partial charge in [-0.2, -0.15) is 0 Å². The van der Waals surface area contributed by atoms with Gasteiger partial charge in [-0.05, 0) is 38.4 Å². The molecule has 0 aromatic heterocycles. The van der Waals surface area contributed by atoms with Gasteiger partial charge in [0.2, 0.25) is 5.91 Å². The summed E-state index contributed by atoms with van der Waals surface area (Å²) in [5, 5.41) is 6.35. The van der Waals surface area contributed by atoms with Crippen molar-refractivity contribution in [3.63, 3.8) is 0 Å². The van der Waals surface area contributed by atoms with Gasteiger partial charge in [-0.1, -0.05) is 18.2 Å². The van der Waals surface area contributed by atoms with Crippen molar-refractivity contribution in [1.82, 2.24) is 10.6 Å². The fourth-order valence-corrected chi connectivity index (χ4v) is 3.52. The monoisotopic (exact) mass is 273 g/mol. The van der Waals surface area contributed by atoms with Crippen LogP contribution in [0.5, 0.6) is 0 Å². The molecule has 2 heterocycles. The highest BCUT2D eigenvalue weighted by atomic mass is 16.2. The summed E-state index contributed by atoms with van der Waals surface area (Å²) in [5.74, 6) is 0.403. The molecular formula is C16H23N3O. The number of rotatable bonds is 3. The number of nitrogens with one attached hydrogen (secondary N) is 2. The Balaban J connectivity index is 1.94. The number of carbonyl (C=O) groups is 1. The first kappa shape index (κ1) is 13.4. The lowest BCUT2D eigenvalue weighted by molar-refractivity contribution is -0.122. The first-order chi connectivity index (χ1) is 9.72. The topological polar surface area (TPSA) is 44.4 Å². The Kier molecular flexibility index (Phi) is 3.66. The zero-order valence-corrected chi connectivity index (χ0v) is 12.2. The fourth-order valence-electron chi connectivity index (χ4n) is 3.52. The minimum atomic E-state index is 0.168. The van der Waals surface area contributed by atoms with Gasteiger partial charge < -0.3 is 15.5 Å². The van der Waals surface area contributed by atoms with Gasteiger partial charge in [-0.3, -0.25) is 4.79 Å². The zero-order valence-electron chi connectivity index (χ0n) is 12.2. The molecule has 2 aliphatic rings. The Bertz CT molecular complexity index is 502. The normalized spacial score (nSPS) is 27.1. The summed E-state index contributed by atoms with van der Waals surface area (Å²) in [6.45, 7) is 4.01. The Morgan fingerprint density at radius 2 is 2.20 bits per heavy atom. The zero-order chi connectivity index (χ0) is 14.1. The second kappa shape index (κ2) is 5.44. The third kappa shape index (κ3) is 2.18. The maximum absolute atomic E-state index is 11.9. The highest BCUT2D eigenvalue weighted by Gasteiger charge is 2.41. The summed E-state index contributed by atoms with van der Waals surface area (Å²) in [6.07, 6.45) is 2.12. The van der Waals surface area contributed by atoms with Gasteiger partial charge in [0.25, 0.3) is 0 Å². The molecule has 1 aromatic carbocycles. The van der Waals surface area contributed by atoms with Gasteiger partial charge >= 0.3 is 0 Å². The lowest BCUT2D eigenvalue weighted by atomic mass is 9.90. The third-order valence-electron chi connectivity index (χ3n) is 4.75. The molecule has 3 atom stereocenters. The first-order valence-corrected chi connectivity index (χ1v) is 7.53. The molecule has 20 heavy (non-hydrogen) atoms. The molecule has 1 aromatic rings. The van der Waals surface area contributed by atoms with E-state index in [9.17, 15) is 4.79 Å². The van der Waals surface area contributed by atoms with Crippen molar-refractivity contribution in [3.8, 4) is 0 Å². The summed E-state index contributed by atoms with van der Waals surface area (Å²) in [5.41, 5.74) is 2.59. The van der Waals surface area contributed by atoms with Gasteiger partial charge in [-0.25, -0.2) is 0 Å². The van der Waals surface area contributed by atoms with Crippen molar-refractivity contribution in [3.05, 3.63) is 29.8 Å². The fraction of sp³-hybridized carbons (Fsp3) is 0.562. The Morgan fingerprint density at radius 3 is 3.00 bits per heavy atom. The summed E-state index contributed by atoms with van der Waals surface area (Å²) in [7, 11) is 1.99. The van der Waals surface area contributed by atoms with E-state index in [-0.39, 0.29) is 11.8 Å². The van der Waals surface area contributed by atoms with Crippen LogP contribution >= 0.6 is 0 Å². The Morgan fingerprint density at radius 1 is 1.40 bits per heavy atom. The average Bonchev–Trinajstić information content (AvgIpc) is 2.88. The molecule has 3 rings (SSSR count). The largest absolute Gasteiger partial charge is 0.366 e.